The molecule has 0 radical (unpaired) electrons. The molecule has 2 unspecified atom stereocenters. The highest BCUT2D eigenvalue weighted by Crippen LogP contribution is 2.25. The first-order chi connectivity index (χ1) is 9.65. The third kappa shape index (κ3) is 3.62. The van der Waals surface area contributed by atoms with Crippen molar-refractivity contribution in [2.24, 2.45) is 0 Å². The normalized spacial score (nSPS) is 21.9. The average molecular weight is 274 g/mol. The second-order valence-corrected chi connectivity index (χ2v) is 6.25. The van der Waals surface area contributed by atoms with Gasteiger partial charge < -0.3 is 5.32 Å². The molecule has 1 aliphatic heterocycles. The van der Waals surface area contributed by atoms with E-state index in [2.05, 4.69) is 56.2 Å². The van der Waals surface area contributed by atoms with E-state index >= 15 is 0 Å². The molecule has 0 saturated carbocycles. The van der Waals surface area contributed by atoms with Crippen molar-refractivity contribution in [2.75, 3.05) is 20.1 Å². The van der Waals surface area contributed by atoms with Crippen molar-refractivity contribution in [1.29, 1.82) is 0 Å². The van der Waals surface area contributed by atoms with Crippen LogP contribution in [0.1, 0.15) is 55.3 Å². The second kappa shape index (κ2) is 7.24. The highest BCUT2D eigenvalue weighted by molar-refractivity contribution is 5.33. The Balaban J connectivity index is 2.13. The maximum atomic E-state index is 3.54. The highest BCUT2D eigenvalue weighted by Gasteiger charge is 2.24. The molecule has 0 aliphatic carbocycles. The van der Waals surface area contributed by atoms with E-state index in [0.717, 1.165) is 12.6 Å². The van der Waals surface area contributed by atoms with Gasteiger partial charge in [0.2, 0.25) is 0 Å². The van der Waals surface area contributed by atoms with Crippen LogP contribution in [0, 0.1) is 13.8 Å². The quantitative estimate of drug-likeness (QED) is 0.878. The third-order valence-electron chi connectivity index (χ3n) is 4.80. The molecule has 2 rings (SSSR count). The summed E-state index contributed by atoms with van der Waals surface area (Å²) in [5, 5.41) is 3.54. The number of aryl methyl sites for hydroxylation is 2. The largest absolute Gasteiger partial charge is 0.312 e. The number of nitrogens with zero attached hydrogens (tertiary/aromatic N) is 1. The number of hydrogen-bond acceptors (Lipinski definition) is 2. The average Bonchev–Trinajstić information content (AvgIpc) is 2.48. The minimum Gasteiger partial charge on any atom is -0.312 e. The lowest BCUT2D eigenvalue weighted by Crippen LogP contribution is -2.43. The molecule has 0 amide bonds. The minimum absolute atomic E-state index is 0.446. The van der Waals surface area contributed by atoms with Crippen LogP contribution < -0.4 is 5.32 Å². The topological polar surface area (TPSA) is 15.3 Å². The molecule has 1 aromatic carbocycles. The van der Waals surface area contributed by atoms with E-state index in [1.165, 1.54) is 48.9 Å². The Morgan fingerprint density at radius 2 is 2.10 bits per heavy atom. The fourth-order valence-electron chi connectivity index (χ4n) is 3.48. The van der Waals surface area contributed by atoms with E-state index in [1.807, 2.05) is 0 Å². The van der Waals surface area contributed by atoms with Gasteiger partial charge in [-0.25, -0.2) is 0 Å². The van der Waals surface area contributed by atoms with E-state index in [4.69, 9.17) is 0 Å². The molecule has 1 fully saturated rings. The summed E-state index contributed by atoms with van der Waals surface area (Å²) in [4.78, 5) is 2.70. The number of rotatable bonds is 5. The molecule has 1 N–H and O–H groups in total. The molecule has 0 spiro atoms. The summed E-state index contributed by atoms with van der Waals surface area (Å²) in [6.07, 6.45) is 5.42. The van der Waals surface area contributed by atoms with Crippen molar-refractivity contribution in [3.63, 3.8) is 0 Å². The maximum absolute atomic E-state index is 3.54. The Bertz CT molecular complexity index is 427. The number of piperidine rings is 1. The van der Waals surface area contributed by atoms with Crippen LogP contribution in [0.15, 0.2) is 18.2 Å². The molecule has 20 heavy (non-hydrogen) atoms. The van der Waals surface area contributed by atoms with Crippen LogP contribution in [0.5, 0.6) is 0 Å². The summed E-state index contributed by atoms with van der Waals surface area (Å²) >= 11 is 0. The Hall–Kier alpha value is -0.860. The molecule has 1 heterocycles. The summed E-state index contributed by atoms with van der Waals surface area (Å²) < 4.78 is 0. The fourth-order valence-corrected chi connectivity index (χ4v) is 3.48. The fraction of sp³-hybridized carbons (Fsp3) is 0.667. The monoisotopic (exact) mass is 274 g/mol. The summed E-state index contributed by atoms with van der Waals surface area (Å²) in [5.41, 5.74) is 4.23. The van der Waals surface area contributed by atoms with E-state index < -0.39 is 0 Å². The Labute approximate surface area is 124 Å². The maximum Gasteiger partial charge on any atom is 0.0449 e. The van der Waals surface area contributed by atoms with Crippen LogP contribution in [0.25, 0.3) is 0 Å². The van der Waals surface area contributed by atoms with Gasteiger partial charge in [0.1, 0.15) is 0 Å². The Morgan fingerprint density at radius 1 is 1.30 bits per heavy atom. The third-order valence-corrected chi connectivity index (χ3v) is 4.80. The van der Waals surface area contributed by atoms with Crippen LogP contribution in [0.2, 0.25) is 0 Å². The van der Waals surface area contributed by atoms with Crippen LogP contribution in [-0.4, -0.2) is 31.1 Å². The molecule has 0 aromatic heterocycles. The number of nitrogens with one attached hydrogen (secondary N) is 1. The zero-order valence-corrected chi connectivity index (χ0v) is 13.6. The predicted octanol–water partition coefficient (Wildman–Crippen LogP) is 3.83. The van der Waals surface area contributed by atoms with Crippen molar-refractivity contribution < 1.29 is 0 Å². The van der Waals surface area contributed by atoms with Crippen molar-refractivity contribution in [1.82, 2.24) is 10.2 Å². The molecule has 1 aromatic rings. The molecule has 2 nitrogen and oxygen atoms in total. The van der Waals surface area contributed by atoms with Crippen LogP contribution in [0.3, 0.4) is 0 Å². The lowest BCUT2D eigenvalue weighted by Gasteiger charge is -2.38. The van der Waals surface area contributed by atoms with Gasteiger partial charge in [0.05, 0.1) is 0 Å². The van der Waals surface area contributed by atoms with E-state index in [0.29, 0.717) is 6.04 Å². The van der Waals surface area contributed by atoms with E-state index in [9.17, 15) is 0 Å². The minimum atomic E-state index is 0.446. The molecular formula is C18H30N2. The highest BCUT2D eigenvalue weighted by atomic mass is 15.2. The first kappa shape index (κ1) is 15.5. The molecule has 0 bridgehead atoms. The zero-order valence-electron chi connectivity index (χ0n) is 13.6. The van der Waals surface area contributed by atoms with Gasteiger partial charge in [0.25, 0.3) is 0 Å². The number of hydrogen-bond donors (Lipinski definition) is 1. The first-order valence-electron chi connectivity index (χ1n) is 8.14. The number of benzene rings is 1. The van der Waals surface area contributed by atoms with Crippen LogP contribution >= 0.6 is 0 Å². The molecule has 1 aliphatic rings. The molecule has 1 saturated heterocycles. The van der Waals surface area contributed by atoms with Gasteiger partial charge in [0.15, 0.2) is 0 Å². The van der Waals surface area contributed by atoms with Gasteiger partial charge in [-0.1, -0.05) is 37.1 Å². The molecule has 112 valence electrons. The van der Waals surface area contributed by atoms with Gasteiger partial charge in [-0.15, -0.1) is 0 Å². The molecule has 2 atom stereocenters. The van der Waals surface area contributed by atoms with Gasteiger partial charge in [-0.05, 0) is 57.8 Å². The van der Waals surface area contributed by atoms with E-state index in [-0.39, 0.29) is 0 Å². The standard InChI is InChI=1S/C18H30N2/c1-5-16-8-6-7-11-20(16)13-18(19-4)17-12-14(2)9-10-15(17)3/h9-10,12,16,18-19H,5-8,11,13H2,1-4H3. The summed E-state index contributed by atoms with van der Waals surface area (Å²) in [7, 11) is 2.09. The van der Waals surface area contributed by atoms with Crippen molar-refractivity contribution in [3.05, 3.63) is 34.9 Å². The van der Waals surface area contributed by atoms with Crippen molar-refractivity contribution in [2.45, 2.75) is 58.5 Å². The summed E-state index contributed by atoms with van der Waals surface area (Å²) in [5.74, 6) is 0. The van der Waals surface area contributed by atoms with Gasteiger partial charge in [-0.2, -0.15) is 0 Å². The lowest BCUT2D eigenvalue weighted by atomic mass is 9.95. The van der Waals surface area contributed by atoms with Gasteiger partial charge in [0, 0.05) is 18.6 Å². The van der Waals surface area contributed by atoms with Gasteiger partial charge in [-0.3, -0.25) is 4.90 Å². The molecular weight excluding hydrogens is 244 g/mol. The lowest BCUT2D eigenvalue weighted by molar-refractivity contribution is 0.130. The first-order valence-corrected chi connectivity index (χ1v) is 8.14. The van der Waals surface area contributed by atoms with Gasteiger partial charge >= 0.3 is 0 Å². The molecule has 2 heteroatoms. The van der Waals surface area contributed by atoms with Crippen LogP contribution in [0.4, 0.5) is 0 Å². The number of likely N-dealkylation sites (tertiary alicyclic amines) is 1. The second-order valence-electron chi connectivity index (χ2n) is 6.25. The Morgan fingerprint density at radius 3 is 2.80 bits per heavy atom. The van der Waals surface area contributed by atoms with E-state index in [1.54, 1.807) is 0 Å². The van der Waals surface area contributed by atoms with Crippen LogP contribution in [-0.2, 0) is 0 Å². The van der Waals surface area contributed by atoms with Crippen molar-refractivity contribution >= 4 is 0 Å². The van der Waals surface area contributed by atoms with Crippen molar-refractivity contribution in [3.8, 4) is 0 Å². The Kier molecular flexibility index (Phi) is 5.62. The summed E-state index contributed by atoms with van der Waals surface area (Å²) in [6.45, 7) is 9.15. The number of likely N-dealkylation sites (N-methyl/N-ethyl adjacent to an activating group) is 1. The smallest absolute Gasteiger partial charge is 0.0449 e. The summed E-state index contributed by atoms with van der Waals surface area (Å²) in [6, 6.07) is 8.04. The predicted molar refractivity (Wildman–Crippen MR) is 87.2 cm³/mol. The SMILES string of the molecule is CCC1CCCCN1CC(NC)c1cc(C)ccc1C. The zero-order chi connectivity index (χ0) is 14.5.